The van der Waals surface area contributed by atoms with Gasteiger partial charge in [0.25, 0.3) is 0 Å². The van der Waals surface area contributed by atoms with Gasteiger partial charge >= 0.3 is 5.97 Å². The Morgan fingerprint density at radius 3 is 2.60 bits per heavy atom. The summed E-state index contributed by atoms with van der Waals surface area (Å²) in [7, 11) is -3.69. The maximum Gasteiger partial charge on any atom is 0.306 e. The number of nitrogens with zero attached hydrogens (tertiary/aromatic N) is 1. The van der Waals surface area contributed by atoms with E-state index < -0.39 is 16.1 Å². The lowest BCUT2D eigenvalue weighted by atomic mass is 10.2. The van der Waals surface area contributed by atoms with Crippen LogP contribution in [0.15, 0.2) is 29.2 Å². The van der Waals surface area contributed by atoms with Crippen LogP contribution >= 0.6 is 11.8 Å². The van der Waals surface area contributed by atoms with Gasteiger partial charge in [0.15, 0.2) is 0 Å². The highest BCUT2D eigenvalue weighted by Crippen LogP contribution is 2.29. The van der Waals surface area contributed by atoms with Gasteiger partial charge < -0.3 is 4.74 Å². The number of aryl methyl sites for hydroxylation is 1. The molecule has 0 amide bonds. The van der Waals surface area contributed by atoms with Crippen LogP contribution in [0.2, 0.25) is 0 Å². The largest absolute Gasteiger partial charge is 0.466 e. The van der Waals surface area contributed by atoms with E-state index in [1.165, 1.54) is 4.31 Å². The predicted octanol–water partition coefficient (Wildman–Crippen LogP) is 2.36. The highest BCUT2D eigenvalue weighted by atomic mass is 32.2. The topological polar surface area (TPSA) is 80.8 Å². The average molecular weight is 386 g/mol. The standard InChI is InChI=1S/C17H23NO5S2/c1-3-23-16(19)10-12-24-17(20)15-5-4-11-18(15)25(21,22)14-8-6-13(2)7-9-14/h6-9,15H,3-5,10-12H2,1-2H3/t15-/m0/s1. The molecule has 1 atom stereocenters. The lowest BCUT2D eigenvalue weighted by Crippen LogP contribution is -2.39. The molecule has 0 aromatic heterocycles. The van der Waals surface area contributed by atoms with Gasteiger partial charge in [-0.25, -0.2) is 8.42 Å². The monoisotopic (exact) mass is 385 g/mol. The van der Waals surface area contributed by atoms with Crippen molar-refractivity contribution in [2.75, 3.05) is 18.9 Å². The molecule has 1 fully saturated rings. The Kier molecular flexibility index (Phi) is 7.04. The Labute approximate surface area is 153 Å². The summed E-state index contributed by atoms with van der Waals surface area (Å²) in [6.07, 6.45) is 1.30. The number of hydrogen-bond donors (Lipinski definition) is 0. The van der Waals surface area contributed by atoms with Crippen LogP contribution in [0.3, 0.4) is 0 Å². The van der Waals surface area contributed by atoms with E-state index in [1.54, 1.807) is 31.2 Å². The van der Waals surface area contributed by atoms with E-state index in [4.69, 9.17) is 4.74 Å². The number of carbonyl (C=O) groups is 2. The number of carbonyl (C=O) groups excluding carboxylic acids is 2. The first-order chi connectivity index (χ1) is 11.9. The fourth-order valence-electron chi connectivity index (χ4n) is 2.67. The zero-order chi connectivity index (χ0) is 18.4. The van der Waals surface area contributed by atoms with Crippen LogP contribution in [0.4, 0.5) is 0 Å². The van der Waals surface area contributed by atoms with Gasteiger partial charge in [-0.1, -0.05) is 29.5 Å². The van der Waals surface area contributed by atoms with Crippen molar-refractivity contribution in [1.29, 1.82) is 0 Å². The summed E-state index contributed by atoms with van der Waals surface area (Å²) in [5.41, 5.74) is 0.975. The number of esters is 1. The molecule has 1 aliphatic rings. The van der Waals surface area contributed by atoms with E-state index >= 15 is 0 Å². The Morgan fingerprint density at radius 1 is 1.28 bits per heavy atom. The fraction of sp³-hybridized carbons (Fsp3) is 0.529. The van der Waals surface area contributed by atoms with E-state index in [1.807, 2.05) is 6.92 Å². The molecule has 6 nitrogen and oxygen atoms in total. The predicted molar refractivity (Wildman–Crippen MR) is 96.8 cm³/mol. The molecular formula is C17H23NO5S2. The second-order valence-corrected chi connectivity index (χ2v) is 8.80. The van der Waals surface area contributed by atoms with Crippen molar-refractivity contribution in [2.24, 2.45) is 0 Å². The summed E-state index contributed by atoms with van der Waals surface area (Å²) in [5.74, 6) is -0.0505. The van der Waals surface area contributed by atoms with Crippen molar-refractivity contribution in [1.82, 2.24) is 4.31 Å². The van der Waals surface area contributed by atoms with Gasteiger partial charge in [-0.2, -0.15) is 4.31 Å². The molecule has 1 aromatic carbocycles. The van der Waals surface area contributed by atoms with Gasteiger partial charge in [-0.05, 0) is 38.8 Å². The summed E-state index contributed by atoms with van der Waals surface area (Å²) in [5, 5.41) is -0.211. The lowest BCUT2D eigenvalue weighted by Gasteiger charge is -2.22. The van der Waals surface area contributed by atoms with Gasteiger partial charge in [0.1, 0.15) is 0 Å². The first-order valence-electron chi connectivity index (χ1n) is 8.27. The highest BCUT2D eigenvalue weighted by molar-refractivity contribution is 8.13. The molecule has 25 heavy (non-hydrogen) atoms. The first-order valence-corrected chi connectivity index (χ1v) is 10.7. The number of benzene rings is 1. The summed E-state index contributed by atoms with van der Waals surface area (Å²) in [4.78, 5) is 24.0. The number of sulfonamides is 1. The van der Waals surface area contributed by atoms with E-state index in [2.05, 4.69) is 0 Å². The third-order valence-electron chi connectivity index (χ3n) is 3.96. The maximum absolute atomic E-state index is 12.8. The Hall–Kier alpha value is -1.38. The number of rotatable bonds is 7. The van der Waals surface area contributed by atoms with Crippen LogP contribution in [0.25, 0.3) is 0 Å². The van der Waals surface area contributed by atoms with Crippen molar-refractivity contribution in [3.63, 3.8) is 0 Å². The van der Waals surface area contributed by atoms with E-state index in [9.17, 15) is 18.0 Å². The Bertz CT molecular complexity index is 715. The third kappa shape index (κ3) is 5.05. The van der Waals surface area contributed by atoms with Crippen LogP contribution in [-0.4, -0.2) is 48.8 Å². The molecule has 0 aliphatic carbocycles. The average Bonchev–Trinajstić information content (AvgIpc) is 3.06. The zero-order valence-corrected chi connectivity index (χ0v) is 16.1. The van der Waals surface area contributed by atoms with Gasteiger partial charge in [-0.3, -0.25) is 9.59 Å². The molecule has 1 heterocycles. The van der Waals surface area contributed by atoms with Crippen molar-refractivity contribution >= 4 is 32.9 Å². The lowest BCUT2D eigenvalue weighted by molar-refractivity contribution is -0.142. The van der Waals surface area contributed by atoms with E-state index in [0.717, 1.165) is 17.3 Å². The summed E-state index contributed by atoms with van der Waals surface area (Å²) in [6, 6.07) is 5.96. The van der Waals surface area contributed by atoms with Gasteiger partial charge in [0.2, 0.25) is 15.1 Å². The summed E-state index contributed by atoms with van der Waals surface area (Å²) in [6.45, 7) is 4.26. The second kappa shape index (κ2) is 8.82. The molecule has 0 N–H and O–H groups in total. The van der Waals surface area contributed by atoms with Crippen LogP contribution in [-0.2, 0) is 24.3 Å². The molecule has 0 radical (unpaired) electrons. The number of ether oxygens (including phenoxy) is 1. The molecule has 8 heteroatoms. The molecule has 0 saturated carbocycles. The minimum atomic E-state index is -3.69. The van der Waals surface area contributed by atoms with Crippen LogP contribution in [0.5, 0.6) is 0 Å². The van der Waals surface area contributed by atoms with Gasteiger partial charge in [0.05, 0.1) is 24.0 Å². The van der Waals surface area contributed by atoms with Crippen molar-refractivity contribution in [2.45, 2.75) is 44.0 Å². The van der Waals surface area contributed by atoms with Crippen molar-refractivity contribution in [3.05, 3.63) is 29.8 Å². The Morgan fingerprint density at radius 2 is 1.96 bits per heavy atom. The van der Waals surface area contributed by atoms with Gasteiger partial charge in [-0.15, -0.1) is 0 Å². The molecule has 0 spiro atoms. The smallest absolute Gasteiger partial charge is 0.306 e. The molecule has 138 valence electrons. The minimum absolute atomic E-state index is 0.141. The maximum atomic E-state index is 12.8. The van der Waals surface area contributed by atoms with E-state index in [-0.39, 0.29) is 22.4 Å². The van der Waals surface area contributed by atoms with Crippen LogP contribution in [0, 0.1) is 6.92 Å². The minimum Gasteiger partial charge on any atom is -0.466 e. The number of hydrogen-bond acceptors (Lipinski definition) is 6. The molecule has 2 rings (SSSR count). The zero-order valence-electron chi connectivity index (χ0n) is 14.4. The van der Waals surface area contributed by atoms with Crippen molar-refractivity contribution in [3.8, 4) is 0 Å². The summed E-state index contributed by atoms with van der Waals surface area (Å²) < 4.78 is 31.7. The third-order valence-corrected chi connectivity index (χ3v) is 6.85. The molecule has 1 aromatic rings. The molecule has 0 unspecified atom stereocenters. The Balaban J connectivity index is 2.02. The molecule has 0 bridgehead atoms. The fourth-order valence-corrected chi connectivity index (χ4v) is 5.30. The summed E-state index contributed by atoms with van der Waals surface area (Å²) >= 11 is 1.000. The first kappa shape index (κ1) is 19.9. The number of thioether (sulfide) groups is 1. The SMILES string of the molecule is CCOC(=O)CCSC(=O)[C@@H]1CCCN1S(=O)(=O)c1ccc(C)cc1. The highest BCUT2D eigenvalue weighted by Gasteiger charge is 2.39. The quantitative estimate of drug-likeness (QED) is 0.670. The van der Waals surface area contributed by atoms with Crippen LogP contribution in [0.1, 0.15) is 31.7 Å². The molecular weight excluding hydrogens is 362 g/mol. The van der Waals surface area contributed by atoms with Gasteiger partial charge in [0, 0.05) is 12.3 Å². The van der Waals surface area contributed by atoms with E-state index in [0.29, 0.717) is 31.7 Å². The van der Waals surface area contributed by atoms with Crippen LogP contribution < -0.4 is 0 Å². The normalized spacial score (nSPS) is 18.2. The van der Waals surface area contributed by atoms with Crippen molar-refractivity contribution < 1.29 is 22.7 Å². The molecule has 1 aliphatic heterocycles. The second-order valence-electron chi connectivity index (χ2n) is 5.81. The molecule has 1 saturated heterocycles.